The topological polar surface area (TPSA) is 85.2 Å². The first-order valence-electron chi connectivity index (χ1n) is 10.1. The molecule has 29 heavy (non-hydrogen) atoms. The second-order valence-corrected chi connectivity index (χ2v) is 7.05. The maximum atomic E-state index is 4.72. The SMILES string of the molecule is CCCCc1nc(CC)n(Cc2ccc(-c3ccccc3-c3nnn[nH]3)cc2)n1. The van der Waals surface area contributed by atoms with Crippen molar-refractivity contribution in [3.63, 3.8) is 0 Å². The first kappa shape index (κ1) is 19.0. The van der Waals surface area contributed by atoms with Crippen LogP contribution in [-0.4, -0.2) is 35.4 Å². The van der Waals surface area contributed by atoms with Crippen molar-refractivity contribution in [2.45, 2.75) is 46.1 Å². The van der Waals surface area contributed by atoms with Crippen LogP contribution in [0.3, 0.4) is 0 Å². The van der Waals surface area contributed by atoms with Crippen LogP contribution in [-0.2, 0) is 19.4 Å². The molecule has 7 nitrogen and oxygen atoms in total. The number of nitrogens with zero attached hydrogens (tertiary/aromatic N) is 6. The summed E-state index contributed by atoms with van der Waals surface area (Å²) in [6, 6.07) is 16.7. The minimum atomic E-state index is 0.666. The van der Waals surface area contributed by atoms with Crippen LogP contribution in [0.1, 0.15) is 43.9 Å². The Morgan fingerprint density at radius 3 is 2.45 bits per heavy atom. The lowest BCUT2D eigenvalue weighted by Gasteiger charge is -2.09. The second-order valence-electron chi connectivity index (χ2n) is 7.05. The molecule has 0 bridgehead atoms. The van der Waals surface area contributed by atoms with E-state index in [0.717, 1.165) is 60.6 Å². The predicted molar refractivity (Wildman–Crippen MR) is 112 cm³/mol. The van der Waals surface area contributed by atoms with Crippen molar-refractivity contribution in [2.75, 3.05) is 0 Å². The normalized spacial score (nSPS) is 11.1. The van der Waals surface area contributed by atoms with Gasteiger partial charge in [-0.15, -0.1) is 5.10 Å². The maximum Gasteiger partial charge on any atom is 0.180 e. The zero-order valence-corrected chi connectivity index (χ0v) is 16.8. The van der Waals surface area contributed by atoms with Crippen LogP contribution in [0.25, 0.3) is 22.5 Å². The number of rotatable bonds is 8. The van der Waals surface area contributed by atoms with E-state index in [1.54, 1.807) is 0 Å². The van der Waals surface area contributed by atoms with Crippen molar-refractivity contribution in [1.29, 1.82) is 0 Å². The Labute approximate surface area is 170 Å². The van der Waals surface area contributed by atoms with Gasteiger partial charge in [0, 0.05) is 18.4 Å². The van der Waals surface area contributed by atoms with E-state index in [0.29, 0.717) is 5.82 Å². The molecule has 2 aromatic carbocycles. The van der Waals surface area contributed by atoms with Crippen molar-refractivity contribution in [1.82, 2.24) is 35.4 Å². The van der Waals surface area contributed by atoms with Crippen LogP contribution >= 0.6 is 0 Å². The van der Waals surface area contributed by atoms with Crippen LogP contribution < -0.4 is 0 Å². The van der Waals surface area contributed by atoms with Crippen molar-refractivity contribution in [2.24, 2.45) is 0 Å². The maximum absolute atomic E-state index is 4.72. The highest BCUT2D eigenvalue weighted by molar-refractivity contribution is 5.80. The summed E-state index contributed by atoms with van der Waals surface area (Å²) in [5.74, 6) is 2.66. The van der Waals surface area contributed by atoms with E-state index in [2.05, 4.69) is 64.8 Å². The van der Waals surface area contributed by atoms with Crippen molar-refractivity contribution in [3.05, 3.63) is 65.7 Å². The quantitative estimate of drug-likeness (QED) is 0.492. The zero-order chi connectivity index (χ0) is 20.1. The van der Waals surface area contributed by atoms with Gasteiger partial charge in [0.05, 0.1) is 6.54 Å². The van der Waals surface area contributed by atoms with Gasteiger partial charge in [-0.1, -0.05) is 68.8 Å². The molecule has 0 fully saturated rings. The summed E-state index contributed by atoms with van der Waals surface area (Å²) in [7, 11) is 0. The highest BCUT2D eigenvalue weighted by Gasteiger charge is 2.11. The van der Waals surface area contributed by atoms with E-state index in [1.807, 2.05) is 22.9 Å². The molecule has 0 unspecified atom stereocenters. The van der Waals surface area contributed by atoms with E-state index >= 15 is 0 Å². The summed E-state index contributed by atoms with van der Waals surface area (Å²) in [5.41, 5.74) is 4.40. The lowest BCUT2D eigenvalue weighted by Crippen LogP contribution is -2.06. The molecule has 0 aliphatic heterocycles. The number of unbranched alkanes of at least 4 members (excludes halogenated alkanes) is 1. The Morgan fingerprint density at radius 1 is 0.966 bits per heavy atom. The molecule has 0 radical (unpaired) electrons. The Bertz CT molecular complexity index is 1050. The highest BCUT2D eigenvalue weighted by atomic mass is 15.5. The summed E-state index contributed by atoms with van der Waals surface area (Å²) >= 11 is 0. The molecule has 0 spiro atoms. The number of aromatic nitrogens is 7. The molecule has 2 heterocycles. The van der Waals surface area contributed by atoms with Crippen molar-refractivity contribution in [3.8, 4) is 22.5 Å². The van der Waals surface area contributed by atoms with Gasteiger partial charge in [-0.25, -0.2) is 14.8 Å². The average molecular weight is 387 g/mol. The molecule has 0 aliphatic rings. The van der Waals surface area contributed by atoms with E-state index < -0.39 is 0 Å². The van der Waals surface area contributed by atoms with Crippen LogP contribution in [0.2, 0.25) is 0 Å². The first-order chi connectivity index (χ1) is 14.3. The van der Waals surface area contributed by atoms with E-state index in [9.17, 15) is 0 Å². The summed E-state index contributed by atoms with van der Waals surface area (Å²) < 4.78 is 2.04. The van der Waals surface area contributed by atoms with Gasteiger partial charge < -0.3 is 0 Å². The molecule has 0 aliphatic carbocycles. The van der Waals surface area contributed by atoms with Crippen LogP contribution in [0.15, 0.2) is 48.5 Å². The lowest BCUT2D eigenvalue weighted by atomic mass is 9.98. The molecule has 2 aromatic heterocycles. The minimum absolute atomic E-state index is 0.666. The van der Waals surface area contributed by atoms with Gasteiger partial charge in [-0.05, 0) is 33.5 Å². The number of benzene rings is 2. The number of tetrazole rings is 1. The van der Waals surface area contributed by atoms with Gasteiger partial charge in [-0.3, -0.25) is 0 Å². The molecule has 4 aromatic rings. The Balaban J connectivity index is 1.56. The van der Waals surface area contributed by atoms with Crippen LogP contribution in [0, 0.1) is 0 Å². The van der Waals surface area contributed by atoms with E-state index in [1.165, 1.54) is 5.56 Å². The van der Waals surface area contributed by atoms with Gasteiger partial charge in [0.15, 0.2) is 11.6 Å². The van der Waals surface area contributed by atoms with Crippen LogP contribution in [0.4, 0.5) is 0 Å². The van der Waals surface area contributed by atoms with Crippen molar-refractivity contribution >= 4 is 0 Å². The summed E-state index contributed by atoms with van der Waals surface area (Å²) in [6.45, 7) is 5.05. The number of hydrogen-bond donors (Lipinski definition) is 1. The van der Waals surface area contributed by atoms with Gasteiger partial charge >= 0.3 is 0 Å². The molecule has 1 N–H and O–H groups in total. The summed E-state index contributed by atoms with van der Waals surface area (Å²) in [5, 5.41) is 19.0. The fourth-order valence-corrected chi connectivity index (χ4v) is 3.43. The smallest absolute Gasteiger partial charge is 0.180 e. The lowest BCUT2D eigenvalue weighted by molar-refractivity contribution is 0.632. The molecule has 0 saturated heterocycles. The summed E-state index contributed by atoms with van der Waals surface area (Å²) in [6.07, 6.45) is 4.11. The van der Waals surface area contributed by atoms with Crippen molar-refractivity contribution < 1.29 is 0 Å². The Kier molecular flexibility index (Phi) is 5.74. The Morgan fingerprint density at radius 2 is 1.76 bits per heavy atom. The largest absolute Gasteiger partial charge is 0.245 e. The molecule has 7 heteroatoms. The van der Waals surface area contributed by atoms with Gasteiger partial charge in [-0.2, -0.15) is 5.10 Å². The molecule has 148 valence electrons. The van der Waals surface area contributed by atoms with E-state index in [-0.39, 0.29) is 0 Å². The molecule has 4 rings (SSSR count). The molecule has 0 atom stereocenters. The summed E-state index contributed by atoms with van der Waals surface area (Å²) in [4.78, 5) is 4.70. The number of hydrogen-bond acceptors (Lipinski definition) is 5. The fourth-order valence-electron chi connectivity index (χ4n) is 3.43. The Hall–Kier alpha value is -3.35. The second kappa shape index (κ2) is 8.77. The standard InChI is InChI=1S/C22H25N7/c1-3-5-10-20-23-21(4-2)29(26-20)15-16-11-13-17(14-12-16)18-8-6-7-9-19(18)22-24-27-28-25-22/h6-9,11-14H,3-5,10,15H2,1-2H3,(H,24,25,27,28). The molecule has 0 amide bonds. The third-order valence-corrected chi connectivity index (χ3v) is 4.99. The average Bonchev–Trinajstić information content (AvgIpc) is 3.43. The predicted octanol–water partition coefficient (Wildman–Crippen LogP) is 4.08. The van der Waals surface area contributed by atoms with Gasteiger partial charge in [0.1, 0.15) is 5.82 Å². The number of aromatic amines is 1. The molecular weight excluding hydrogens is 362 g/mol. The molecule has 0 saturated carbocycles. The number of aryl methyl sites for hydroxylation is 2. The monoisotopic (exact) mass is 387 g/mol. The third kappa shape index (κ3) is 4.23. The first-order valence-corrected chi connectivity index (χ1v) is 10.1. The fraction of sp³-hybridized carbons (Fsp3) is 0.318. The minimum Gasteiger partial charge on any atom is -0.245 e. The highest BCUT2D eigenvalue weighted by Crippen LogP contribution is 2.29. The van der Waals surface area contributed by atoms with E-state index in [4.69, 9.17) is 10.1 Å². The van der Waals surface area contributed by atoms with Gasteiger partial charge in [0.25, 0.3) is 0 Å². The number of nitrogens with one attached hydrogen (secondary N) is 1. The molecular formula is C22H25N7. The zero-order valence-electron chi connectivity index (χ0n) is 16.8. The van der Waals surface area contributed by atoms with Crippen LogP contribution in [0.5, 0.6) is 0 Å². The number of H-pyrrole nitrogens is 1. The third-order valence-electron chi connectivity index (χ3n) is 4.99. The van der Waals surface area contributed by atoms with Gasteiger partial charge in [0.2, 0.25) is 0 Å².